The molecule has 0 aliphatic carbocycles. The van der Waals surface area contributed by atoms with E-state index < -0.39 is 24.6 Å². The standard InChI is InChI=1S/C17H17F2N3O3/c18-16(19)25-13-8-4-7-12(10-13)21-17(24)22-14(15(20)23)9-11-5-2-1-3-6-11/h1-8,10,14,16H,9H2,(H2,20,23)(H2,21,22,24). The number of hydrogen-bond acceptors (Lipinski definition) is 3. The van der Waals surface area contributed by atoms with Gasteiger partial charge in [0.1, 0.15) is 11.8 Å². The van der Waals surface area contributed by atoms with E-state index in [2.05, 4.69) is 15.4 Å². The molecule has 2 aromatic rings. The maximum absolute atomic E-state index is 12.2. The van der Waals surface area contributed by atoms with Crippen molar-refractivity contribution in [3.63, 3.8) is 0 Å². The monoisotopic (exact) mass is 349 g/mol. The Bertz CT molecular complexity index is 726. The van der Waals surface area contributed by atoms with Gasteiger partial charge in [-0.05, 0) is 17.7 Å². The van der Waals surface area contributed by atoms with Crippen LogP contribution in [0.2, 0.25) is 0 Å². The summed E-state index contributed by atoms with van der Waals surface area (Å²) >= 11 is 0. The number of primary amides is 1. The first-order valence-corrected chi connectivity index (χ1v) is 7.39. The number of hydrogen-bond donors (Lipinski definition) is 3. The molecule has 0 aromatic heterocycles. The molecule has 1 atom stereocenters. The minimum Gasteiger partial charge on any atom is -0.435 e. The lowest BCUT2D eigenvalue weighted by molar-refractivity contribution is -0.119. The smallest absolute Gasteiger partial charge is 0.387 e. The Kier molecular flexibility index (Phi) is 6.27. The lowest BCUT2D eigenvalue weighted by atomic mass is 10.1. The topological polar surface area (TPSA) is 93.5 Å². The van der Waals surface area contributed by atoms with Crippen LogP contribution in [0.25, 0.3) is 0 Å². The molecule has 8 heteroatoms. The van der Waals surface area contributed by atoms with Gasteiger partial charge >= 0.3 is 12.6 Å². The molecule has 1 unspecified atom stereocenters. The molecule has 2 rings (SSSR count). The van der Waals surface area contributed by atoms with E-state index in [9.17, 15) is 18.4 Å². The average Bonchev–Trinajstić information content (AvgIpc) is 2.54. The molecule has 2 aromatic carbocycles. The number of nitrogens with one attached hydrogen (secondary N) is 2. The van der Waals surface area contributed by atoms with Crippen molar-refractivity contribution in [2.45, 2.75) is 19.1 Å². The van der Waals surface area contributed by atoms with Crippen molar-refractivity contribution in [3.05, 3.63) is 60.2 Å². The zero-order chi connectivity index (χ0) is 18.2. The maximum Gasteiger partial charge on any atom is 0.387 e. The van der Waals surface area contributed by atoms with Crippen molar-refractivity contribution in [3.8, 4) is 5.75 Å². The van der Waals surface area contributed by atoms with Gasteiger partial charge in [-0.3, -0.25) is 4.79 Å². The second-order valence-corrected chi connectivity index (χ2v) is 5.15. The predicted octanol–water partition coefficient (Wildman–Crippen LogP) is 2.51. The highest BCUT2D eigenvalue weighted by Crippen LogP contribution is 2.19. The van der Waals surface area contributed by atoms with Gasteiger partial charge in [0.2, 0.25) is 5.91 Å². The van der Waals surface area contributed by atoms with E-state index in [-0.39, 0.29) is 17.9 Å². The van der Waals surface area contributed by atoms with Gasteiger partial charge < -0.3 is 21.1 Å². The molecular formula is C17H17F2N3O3. The molecule has 3 amide bonds. The highest BCUT2D eigenvalue weighted by molar-refractivity contribution is 5.93. The molecule has 0 spiro atoms. The number of amides is 3. The number of halogens is 2. The van der Waals surface area contributed by atoms with E-state index in [1.165, 1.54) is 24.3 Å². The molecule has 0 saturated carbocycles. The third-order valence-corrected chi connectivity index (χ3v) is 3.25. The number of rotatable bonds is 7. The molecule has 25 heavy (non-hydrogen) atoms. The Morgan fingerprint density at radius 1 is 1.08 bits per heavy atom. The van der Waals surface area contributed by atoms with E-state index in [1.54, 1.807) is 12.1 Å². The van der Waals surface area contributed by atoms with Crippen molar-refractivity contribution in [1.29, 1.82) is 0 Å². The number of benzene rings is 2. The van der Waals surface area contributed by atoms with Gasteiger partial charge in [-0.15, -0.1) is 0 Å². The van der Waals surface area contributed by atoms with E-state index in [4.69, 9.17) is 5.73 Å². The van der Waals surface area contributed by atoms with Crippen LogP contribution in [-0.4, -0.2) is 24.6 Å². The van der Waals surface area contributed by atoms with Gasteiger partial charge in [-0.2, -0.15) is 8.78 Å². The van der Waals surface area contributed by atoms with E-state index in [1.807, 2.05) is 18.2 Å². The van der Waals surface area contributed by atoms with Crippen LogP contribution < -0.4 is 21.1 Å². The number of carbonyl (C=O) groups excluding carboxylic acids is 2. The number of nitrogens with two attached hydrogens (primary N) is 1. The Labute approximate surface area is 143 Å². The van der Waals surface area contributed by atoms with Crippen molar-refractivity contribution in [1.82, 2.24) is 5.32 Å². The van der Waals surface area contributed by atoms with Gasteiger partial charge in [0.15, 0.2) is 0 Å². The molecule has 0 aliphatic rings. The van der Waals surface area contributed by atoms with E-state index in [0.717, 1.165) is 5.56 Å². The van der Waals surface area contributed by atoms with Crippen LogP contribution in [0.3, 0.4) is 0 Å². The van der Waals surface area contributed by atoms with E-state index in [0.29, 0.717) is 0 Å². The third kappa shape index (κ3) is 6.09. The fourth-order valence-corrected chi connectivity index (χ4v) is 2.15. The largest absolute Gasteiger partial charge is 0.435 e. The normalized spacial score (nSPS) is 11.6. The molecule has 0 bridgehead atoms. The quantitative estimate of drug-likeness (QED) is 0.717. The average molecular weight is 349 g/mol. The minimum atomic E-state index is -2.96. The van der Waals surface area contributed by atoms with Crippen LogP contribution in [0, 0.1) is 0 Å². The Morgan fingerprint density at radius 3 is 2.44 bits per heavy atom. The van der Waals surface area contributed by atoms with Crippen LogP contribution in [0.1, 0.15) is 5.56 Å². The second-order valence-electron chi connectivity index (χ2n) is 5.15. The fraction of sp³-hybridized carbons (Fsp3) is 0.176. The third-order valence-electron chi connectivity index (χ3n) is 3.25. The number of alkyl halides is 2. The van der Waals surface area contributed by atoms with Gasteiger partial charge in [0.25, 0.3) is 0 Å². The number of carbonyl (C=O) groups is 2. The maximum atomic E-state index is 12.2. The predicted molar refractivity (Wildman–Crippen MR) is 88.4 cm³/mol. The molecule has 0 fully saturated rings. The molecule has 0 radical (unpaired) electrons. The van der Waals surface area contributed by atoms with Crippen molar-refractivity contribution in [2.24, 2.45) is 5.73 Å². The summed E-state index contributed by atoms with van der Waals surface area (Å²) in [4.78, 5) is 23.6. The van der Waals surface area contributed by atoms with Crippen LogP contribution in [0.5, 0.6) is 5.75 Å². The zero-order valence-corrected chi connectivity index (χ0v) is 13.1. The molecule has 0 saturated heterocycles. The summed E-state index contributed by atoms with van der Waals surface area (Å²) in [5.74, 6) is -0.780. The summed E-state index contributed by atoms with van der Waals surface area (Å²) in [7, 11) is 0. The summed E-state index contributed by atoms with van der Waals surface area (Å²) in [6.07, 6.45) is 0.234. The number of ether oxygens (including phenoxy) is 1. The highest BCUT2D eigenvalue weighted by atomic mass is 19.3. The molecular weight excluding hydrogens is 332 g/mol. The first-order valence-electron chi connectivity index (χ1n) is 7.39. The fourth-order valence-electron chi connectivity index (χ4n) is 2.15. The second kappa shape index (κ2) is 8.62. The number of urea groups is 1. The lowest BCUT2D eigenvalue weighted by Gasteiger charge is -2.16. The van der Waals surface area contributed by atoms with E-state index >= 15 is 0 Å². The summed E-state index contributed by atoms with van der Waals surface area (Å²) in [6, 6.07) is 13.0. The van der Waals surface area contributed by atoms with Crippen LogP contribution >= 0.6 is 0 Å². The number of anilines is 1. The van der Waals surface area contributed by atoms with Gasteiger partial charge in [-0.25, -0.2) is 4.79 Å². The highest BCUT2D eigenvalue weighted by Gasteiger charge is 2.18. The SMILES string of the molecule is NC(=O)C(Cc1ccccc1)NC(=O)Nc1cccc(OC(F)F)c1. The summed E-state index contributed by atoms with van der Waals surface area (Å²) < 4.78 is 28.7. The summed E-state index contributed by atoms with van der Waals surface area (Å²) in [5.41, 5.74) is 6.39. The first-order chi connectivity index (χ1) is 11.9. The van der Waals surface area contributed by atoms with Crippen molar-refractivity contribution < 1.29 is 23.1 Å². The van der Waals surface area contributed by atoms with Crippen LogP contribution in [-0.2, 0) is 11.2 Å². The Hall–Kier alpha value is -3.16. The van der Waals surface area contributed by atoms with Gasteiger partial charge in [0, 0.05) is 18.2 Å². The summed E-state index contributed by atoms with van der Waals surface area (Å²) in [6.45, 7) is -2.96. The van der Waals surface area contributed by atoms with Crippen LogP contribution in [0.4, 0.5) is 19.3 Å². The Morgan fingerprint density at radius 2 is 1.80 bits per heavy atom. The zero-order valence-electron chi connectivity index (χ0n) is 13.1. The Balaban J connectivity index is 1.98. The molecule has 4 N–H and O–H groups in total. The van der Waals surface area contributed by atoms with Crippen molar-refractivity contribution >= 4 is 17.6 Å². The first kappa shape index (κ1) is 18.2. The molecule has 0 heterocycles. The van der Waals surface area contributed by atoms with Gasteiger partial charge in [-0.1, -0.05) is 36.4 Å². The molecule has 0 aliphatic heterocycles. The lowest BCUT2D eigenvalue weighted by Crippen LogP contribution is -2.47. The van der Waals surface area contributed by atoms with Gasteiger partial charge in [0.05, 0.1) is 0 Å². The molecule has 6 nitrogen and oxygen atoms in total. The van der Waals surface area contributed by atoms with Crippen molar-refractivity contribution in [2.75, 3.05) is 5.32 Å². The molecule has 132 valence electrons. The minimum absolute atomic E-state index is 0.0939. The van der Waals surface area contributed by atoms with Crippen LogP contribution in [0.15, 0.2) is 54.6 Å². The summed E-state index contributed by atoms with van der Waals surface area (Å²) in [5, 5.41) is 4.90.